The molecule has 1 unspecified atom stereocenters. The van der Waals surface area contributed by atoms with Crippen LogP contribution in [0.15, 0.2) is 11.1 Å². The van der Waals surface area contributed by atoms with E-state index in [1.807, 2.05) is 9.47 Å². The van der Waals surface area contributed by atoms with Crippen LogP contribution in [0, 0.1) is 5.92 Å². The predicted octanol–water partition coefficient (Wildman–Crippen LogP) is 2.76. The summed E-state index contributed by atoms with van der Waals surface area (Å²) in [6.07, 6.45) is 8.33. The molecule has 8 heteroatoms. The van der Waals surface area contributed by atoms with Gasteiger partial charge in [0, 0.05) is 49.9 Å². The van der Waals surface area contributed by atoms with Gasteiger partial charge >= 0.3 is 0 Å². The number of carbonyl (C=O) groups is 2. The maximum Gasteiger partial charge on any atom is 0.262 e. The Morgan fingerprint density at radius 3 is 2.71 bits per heavy atom. The molecule has 0 N–H and O–H groups in total. The Morgan fingerprint density at radius 2 is 1.97 bits per heavy atom. The number of aryl methyl sites for hydroxylation is 1. The number of hydrogen-bond acceptors (Lipinski definition) is 5. The number of amides is 2. The van der Waals surface area contributed by atoms with Crippen molar-refractivity contribution < 1.29 is 9.59 Å². The predicted molar refractivity (Wildman–Crippen MR) is 120 cm³/mol. The molecule has 2 amide bonds. The fraction of sp³-hybridized carbons (Fsp3) is 0.652. The van der Waals surface area contributed by atoms with Crippen molar-refractivity contribution in [1.82, 2.24) is 19.4 Å². The molecule has 0 radical (unpaired) electrons. The van der Waals surface area contributed by atoms with Gasteiger partial charge in [-0.3, -0.25) is 19.0 Å². The summed E-state index contributed by atoms with van der Waals surface area (Å²) in [6, 6.07) is 0.0895. The Morgan fingerprint density at radius 1 is 1.16 bits per heavy atom. The number of nitrogens with zero attached hydrogens (tertiary/aromatic N) is 4. The van der Waals surface area contributed by atoms with Crippen LogP contribution in [0.25, 0.3) is 10.2 Å². The summed E-state index contributed by atoms with van der Waals surface area (Å²) >= 11 is 1.69. The molecular formula is C23H30N4O3S. The van der Waals surface area contributed by atoms with Crippen LogP contribution in [-0.4, -0.2) is 57.3 Å². The van der Waals surface area contributed by atoms with Gasteiger partial charge in [-0.25, -0.2) is 4.98 Å². The molecule has 4 heterocycles. The normalized spacial score (nSPS) is 22.4. The monoisotopic (exact) mass is 442 g/mol. The smallest absolute Gasteiger partial charge is 0.262 e. The van der Waals surface area contributed by atoms with Crippen molar-refractivity contribution in [1.29, 1.82) is 0 Å². The number of likely N-dealkylation sites (tertiary alicyclic amines) is 2. The van der Waals surface area contributed by atoms with Crippen LogP contribution in [0.5, 0.6) is 0 Å². The number of thiophene rings is 1. The van der Waals surface area contributed by atoms with Crippen molar-refractivity contribution in [3.63, 3.8) is 0 Å². The van der Waals surface area contributed by atoms with E-state index in [0.717, 1.165) is 55.3 Å². The molecule has 7 nitrogen and oxygen atoms in total. The zero-order valence-corrected chi connectivity index (χ0v) is 19.0. The van der Waals surface area contributed by atoms with Crippen molar-refractivity contribution in [2.75, 3.05) is 26.2 Å². The van der Waals surface area contributed by atoms with Crippen LogP contribution in [-0.2, 0) is 22.4 Å². The summed E-state index contributed by atoms with van der Waals surface area (Å²) in [5.74, 6) is 0.951. The molecule has 0 spiro atoms. The highest BCUT2D eigenvalue weighted by molar-refractivity contribution is 7.18. The average Bonchev–Trinajstić information content (AvgIpc) is 3.35. The highest BCUT2D eigenvalue weighted by Gasteiger charge is 2.28. The maximum atomic E-state index is 13.3. The Hall–Kier alpha value is -2.22. The Balaban J connectivity index is 1.25. The van der Waals surface area contributed by atoms with Gasteiger partial charge in [-0.15, -0.1) is 11.3 Å². The van der Waals surface area contributed by atoms with Gasteiger partial charge in [0.15, 0.2) is 0 Å². The summed E-state index contributed by atoms with van der Waals surface area (Å²) in [5, 5.41) is 0.836. The summed E-state index contributed by atoms with van der Waals surface area (Å²) < 4.78 is 1.82. The lowest BCUT2D eigenvalue weighted by Gasteiger charge is -2.33. The standard InChI is InChI=1S/C23H30N4O3S/c1-15-4-5-17-18(13-15)31-22-21(17)23(30)27(14-24-22)16-6-10-26(11-7-16)20(29)8-12-25-9-2-3-19(25)28/h14-16H,2-13H2,1H3. The van der Waals surface area contributed by atoms with Gasteiger partial charge in [0.1, 0.15) is 4.83 Å². The number of rotatable bonds is 4. The van der Waals surface area contributed by atoms with E-state index in [9.17, 15) is 14.4 Å². The minimum atomic E-state index is 0.0895. The minimum absolute atomic E-state index is 0.0895. The third-order valence-corrected chi connectivity index (χ3v) is 8.38. The molecule has 0 aromatic carbocycles. The van der Waals surface area contributed by atoms with Gasteiger partial charge in [-0.05, 0) is 50.0 Å². The topological polar surface area (TPSA) is 75.5 Å². The fourth-order valence-corrected chi connectivity index (χ4v) is 6.67. The molecule has 1 aliphatic carbocycles. The molecule has 31 heavy (non-hydrogen) atoms. The second-order valence-corrected chi connectivity index (χ2v) is 10.4. The SMILES string of the molecule is CC1CCc2c(sc3ncn(C4CCN(C(=O)CCN5CCCC5=O)CC4)c(=O)c23)C1. The molecule has 1 atom stereocenters. The minimum Gasteiger partial charge on any atom is -0.342 e. The van der Waals surface area contributed by atoms with Crippen LogP contribution in [0.1, 0.15) is 61.9 Å². The Labute approximate surface area is 186 Å². The second-order valence-electron chi connectivity index (χ2n) is 9.34. The molecular weight excluding hydrogens is 412 g/mol. The highest BCUT2D eigenvalue weighted by Crippen LogP contribution is 2.36. The van der Waals surface area contributed by atoms with Gasteiger partial charge in [0.25, 0.3) is 5.56 Å². The van der Waals surface area contributed by atoms with E-state index >= 15 is 0 Å². The van der Waals surface area contributed by atoms with E-state index in [1.54, 1.807) is 22.6 Å². The lowest BCUT2D eigenvalue weighted by atomic mass is 9.89. The van der Waals surface area contributed by atoms with E-state index in [-0.39, 0.29) is 23.4 Å². The van der Waals surface area contributed by atoms with Crippen molar-refractivity contribution >= 4 is 33.4 Å². The first-order valence-electron chi connectivity index (χ1n) is 11.6. The number of fused-ring (bicyclic) bond motifs is 3. The molecule has 2 saturated heterocycles. The summed E-state index contributed by atoms with van der Waals surface area (Å²) in [4.78, 5) is 48.2. The van der Waals surface area contributed by atoms with Crippen molar-refractivity contribution in [3.05, 3.63) is 27.1 Å². The lowest BCUT2D eigenvalue weighted by Crippen LogP contribution is -2.42. The van der Waals surface area contributed by atoms with Gasteiger partial charge in [0.05, 0.1) is 11.7 Å². The Bertz CT molecular complexity index is 1070. The zero-order valence-electron chi connectivity index (χ0n) is 18.1. The average molecular weight is 443 g/mol. The second kappa shape index (κ2) is 8.37. The van der Waals surface area contributed by atoms with Crippen LogP contribution in [0.4, 0.5) is 0 Å². The van der Waals surface area contributed by atoms with E-state index in [1.165, 1.54) is 10.4 Å². The molecule has 0 saturated carbocycles. The van der Waals surface area contributed by atoms with E-state index in [2.05, 4.69) is 11.9 Å². The number of carbonyl (C=O) groups excluding carboxylic acids is 2. The van der Waals surface area contributed by atoms with Crippen LogP contribution in [0.3, 0.4) is 0 Å². The molecule has 3 aliphatic rings. The Kier molecular flexibility index (Phi) is 5.58. The van der Waals surface area contributed by atoms with Crippen LogP contribution in [0.2, 0.25) is 0 Å². The lowest BCUT2D eigenvalue weighted by molar-refractivity contribution is -0.134. The largest absolute Gasteiger partial charge is 0.342 e. The third kappa shape index (κ3) is 3.90. The molecule has 2 aliphatic heterocycles. The number of hydrogen-bond donors (Lipinski definition) is 0. The fourth-order valence-electron chi connectivity index (χ4n) is 5.33. The highest BCUT2D eigenvalue weighted by atomic mass is 32.1. The van der Waals surface area contributed by atoms with Gasteiger partial charge in [0.2, 0.25) is 11.8 Å². The first-order chi connectivity index (χ1) is 15.0. The quantitative estimate of drug-likeness (QED) is 0.730. The van der Waals surface area contributed by atoms with Crippen molar-refractivity contribution in [2.45, 2.75) is 64.3 Å². The molecule has 2 fully saturated rings. The van der Waals surface area contributed by atoms with Gasteiger partial charge < -0.3 is 9.80 Å². The van der Waals surface area contributed by atoms with E-state index in [0.29, 0.717) is 38.4 Å². The number of piperidine rings is 1. The first-order valence-corrected chi connectivity index (χ1v) is 12.4. The molecule has 2 aromatic rings. The molecule has 2 aromatic heterocycles. The summed E-state index contributed by atoms with van der Waals surface area (Å²) in [5.41, 5.74) is 1.32. The van der Waals surface area contributed by atoms with E-state index < -0.39 is 0 Å². The van der Waals surface area contributed by atoms with Crippen molar-refractivity contribution in [3.8, 4) is 0 Å². The van der Waals surface area contributed by atoms with Crippen LogP contribution < -0.4 is 5.56 Å². The van der Waals surface area contributed by atoms with Gasteiger partial charge in [-0.1, -0.05) is 6.92 Å². The summed E-state index contributed by atoms with van der Waals surface area (Å²) in [6.45, 7) is 4.89. The number of aromatic nitrogens is 2. The first kappa shape index (κ1) is 20.7. The molecule has 166 valence electrons. The van der Waals surface area contributed by atoms with Gasteiger partial charge in [-0.2, -0.15) is 0 Å². The third-order valence-electron chi connectivity index (χ3n) is 7.22. The van der Waals surface area contributed by atoms with Crippen molar-refractivity contribution in [2.24, 2.45) is 5.92 Å². The van der Waals surface area contributed by atoms with Crippen LogP contribution >= 0.6 is 11.3 Å². The molecule has 0 bridgehead atoms. The zero-order chi connectivity index (χ0) is 21.5. The summed E-state index contributed by atoms with van der Waals surface area (Å²) in [7, 11) is 0. The maximum absolute atomic E-state index is 13.3. The molecule has 5 rings (SSSR count). The van der Waals surface area contributed by atoms with E-state index in [4.69, 9.17) is 0 Å².